The molecule has 10 heavy (non-hydrogen) atoms. The van der Waals surface area contributed by atoms with Gasteiger partial charge in [0, 0.05) is 0 Å². The van der Waals surface area contributed by atoms with Gasteiger partial charge in [0.05, 0.1) is 0 Å². The molecule has 0 bridgehead atoms. The van der Waals surface area contributed by atoms with Gasteiger partial charge in [-0.05, 0) is 0 Å². The topological polar surface area (TPSA) is 74.6 Å². The third-order valence-corrected chi connectivity index (χ3v) is 0. The first-order chi connectivity index (χ1) is 3.73. The van der Waals surface area contributed by atoms with E-state index in [1.807, 2.05) is 0 Å². The summed E-state index contributed by atoms with van der Waals surface area (Å²) in [6.07, 6.45) is 0. The van der Waals surface area contributed by atoms with Gasteiger partial charge in [-0.25, -0.2) is 0 Å². The van der Waals surface area contributed by atoms with Gasteiger partial charge in [-0.3, -0.25) is 9.11 Å². The zero-order valence-corrected chi connectivity index (χ0v) is 5.53. The Balaban J connectivity index is -0.0000000910. The normalized spacial score (nSPS) is 10.3. The van der Waals surface area contributed by atoms with Crippen LogP contribution in [0.1, 0.15) is 0 Å². The van der Waals surface area contributed by atoms with Gasteiger partial charge in [0.25, 0.3) is 0 Å². The molecule has 0 rings (SSSR count). The van der Waals surface area contributed by atoms with Crippen molar-refractivity contribution in [1.29, 1.82) is 0 Å². The van der Waals surface area contributed by atoms with Gasteiger partial charge < -0.3 is 0 Å². The third-order valence-electron chi connectivity index (χ3n) is 0. The molecule has 0 aliphatic rings. The fourth-order valence-corrected chi connectivity index (χ4v) is 0. The average molecular weight is 219 g/mol. The van der Waals surface area contributed by atoms with Crippen LogP contribution in [0.2, 0.25) is 0 Å². The van der Waals surface area contributed by atoms with Crippen molar-refractivity contribution in [2.75, 3.05) is 0 Å². The van der Waals surface area contributed by atoms with Crippen LogP contribution in [0, 0.1) is 0 Å². The van der Waals surface area contributed by atoms with E-state index in [2.05, 4.69) is 0 Å². The molecule has 0 aromatic heterocycles. The van der Waals surface area contributed by atoms with Gasteiger partial charge >= 0.3 is 55.2 Å². The van der Waals surface area contributed by atoms with E-state index >= 15 is 0 Å². The van der Waals surface area contributed by atoms with Crippen molar-refractivity contribution in [3.63, 3.8) is 0 Å². The summed E-state index contributed by atoms with van der Waals surface area (Å²) in [4.78, 5) is 0. The van der Waals surface area contributed by atoms with Crippen molar-refractivity contribution in [1.82, 2.24) is 0 Å². The second-order valence-electron chi connectivity index (χ2n) is 0.599. The Hall–Kier alpha value is 0.777. The van der Waals surface area contributed by atoms with Crippen LogP contribution >= 0.6 is 0 Å². The molecule has 63 valence electrons. The average Bonchev–Trinajstić information content (AvgIpc) is 1.19. The molecule has 0 atom stereocenters. The fourth-order valence-electron chi connectivity index (χ4n) is 0. The fraction of sp³-hybridized carbons (Fsp3) is 0. The molecule has 0 saturated carbocycles. The first-order valence-corrected chi connectivity index (χ1v) is 3.75. The van der Waals surface area contributed by atoms with Gasteiger partial charge in [-0.15, -0.1) is 0 Å². The van der Waals surface area contributed by atoms with Crippen LogP contribution in [0.4, 0.5) is 10.7 Å². The maximum absolute atomic E-state index is 9.75. The standard InChI is InChI=1S/3FH.Fe.Li.H2O4S.H/c;;;;;1-5(2,3)4;/h3*1H;;;(H2,1,2,3,4);/q;;;+3;;;/p-3. The van der Waals surface area contributed by atoms with E-state index in [0.29, 0.717) is 0 Å². The molecule has 0 fully saturated rings. The summed E-state index contributed by atoms with van der Waals surface area (Å²) < 4.78 is 60.8. The molecule has 0 amide bonds. The summed E-state index contributed by atoms with van der Waals surface area (Å²) >= 11 is -4.25. The molecule has 0 radical (unpaired) electrons. The van der Waals surface area contributed by atoms with Crippen LogP contribution in [-0.4, -0.2) is 36.4 Å². The van der Waals surface area contributed by atoms with Crippen molar-refractivity contribution in [3.8, 4) is 0 Å². The number of halogens is 3. The first kappa shape index (κ1) is 17.0. The van der Waals surface area contributed by atoms with Crippen LogP contribution in [-0.2, 0) is 25.7 Å². The summed E-state index contributed by atoms with van der Waals surface area (Å²) in [6, 6.07) is 0. The summed E-state index contributed by atoms with van der Waals surface area (Å²) in [5, 5.41) is 0. The van der Waals surface area contributed by atoms with Crippen molar-refractivity contribution >= 4 is 29.3 Å². The molecule has 0 saturated heterocycles. The van der Waals surface area contributed by atoms with Crippen molar-refractivity contribution in [3.05, 3.63) is 0 Å². The monoisotopic (exact) mass is 219 g/mol. The van der Waals surface area contributed by atoms with Gasteiger partial charge in [0.1, 0.15) is 0 Å². The predicted octanol–water partition coefficient (Wildman–Crippen LogP) is -0.0432. The van der Waals surface area contributed by atoms with Gasteiger partial charge in [0.15, 0.2) is 0 Å². The molecular formula is H3F3FeLiO4S. The Morgan fingerprint density at radius 2 is 1.10 bits per heavy atom. The molecule has 10 heteroatoms. The molecule has 0 aromatic rings. The second kappa shape index (κ2) is 7.88. The molecular weight excluding hydrogens is 216 g/mol. The summed E-state index contributed by atoms with van der Waals surface area (Å²) in [6.45, 7) is 0. The van der Waals surface area contributed by atoms with Gasteiger partial charge in [-0.1, -0.05) is 0 Å². The van der Waals surface area contributed by atoms with Crippen LogP contribution in [0.15, 0.2) is 0 Å². The van der Waals surface area contributed by atoms with Gasteiger partial charge in [0.2, 0.25) is 0 Å². The SMILES string of the molecule is O=S(=O)(O)O.[F][Fe]([F])[F].[LiH]. The summed E-state index contributed by atoms with van der Waals surface area (Å²) in [5.74, 6) is 0. The maximum atomic E-state index is 9.75. The zero-order valence-electron chi connectivity index (χ0n) is 3.61. The van der Waals surface area contributed by atoms with Crippen LogP contribution < -0.4 is 0 Å². The number of hydrogen-bond donors (Lipinski definition) is 2. The Kier molecular flexibility index (Phi) is 13.4. The van der Waals surface area contributed by atoms with Crippen molar-refractivity contribution < 1.29 is 43.4 Å². The van der Waals surface area contributed by atoms with E-state index < -0.39 is 25.7 Å². The Morgan fingerprint density at radius 1 is 1.10 bits per heavy atom. The van der Waals surface area contributed by atoms with E-state index in [4.69, 9.17) is 17.5 Å². The van der Waals surface area contributed by atoms with Crippen LogP contribution in [0.5, 0.6) is 0 Å². The molecule has 0 unspecified atom stereocenters. The zero-order chi connectivity index (χ0) is 8.08. The second-order valence-corrected chi connectivity index (χ2v) is 1.97. The molecule has 2 N–H and O–H groups in total. The minimum atomic E-state index is -4.67. The minimum absolute atomic E-state index is 0. The third kappa shape index (κ3) is 880. The Bertz CT molecular complexity index is 132. The molecule has 0 heterocycles. The van der Waals surface area contributed by atoms with E-state index in [1.165, 1.54) is 0 Å². The van der Waals surface area contributed by atoms with E-state index in [-0.39, 0.29) is 18.9 Å². The number of rotatable bonds is 0. The molecule has 0 aromatic carbocycles. The number of hydrogen-bond acceptors (Lipinski definition) is 2. The van der Waals surface area contributed by atoms with Crippen LogP contribution in [0.25, 0.3) is 0 Å². The van der Waals surface area contributed by atoms with Gasteiger partial charge in [-0.2, -0.15) is 8.42 Å². The molecule has 4 nitrogen and oxygen atoms in total. The van der Waals surface area contributed by atoms with Crippen molar-refractivity contribution in [2.45, 2.75) is 0 Å². The van der Waals surface area contributed by atoms with Crippen molar-refractivity contribution in [2.24, 2.45) is 0 Å². The molecule has 0 spiro atoms. The Labute approximate surface area is 72.8 Å². The van der Waals surface area contributed by atoms with E-state index in [1.54, 1.807) is 0 Å². The van der Waals surface area contributed by atoms with E-state index in [9.17, 15) is 10.7 Å². The predicted molar refractivity (Wildman–Crippen MR) is 24.7 cm³/mol. The quantitative estimate of drug-likeness (QED) is 0.442. The molecule has 0 aliphatic heterocycles. The summed E-state index contributed by atoms with van der Waals surface area (Å²) in [5.41, 5.74) is 0. The molecule has 0 aliphatic carbocycles. The van der Waals surface area contributed by atoms with E-state index in [0.717, 1.165) is 0 Å². The Morgan fingerprint density at radius 3 is 1.10 bits per heavy atom. The summed E-state index contributed by atoms with van der Waals surface area (Å²) in [7, 11) is -4.67. The first-order valence-electron chi connectivity index (χ1n) is 1.10. The van der Waals surface area contributed by atoms with Crippen LogP contribution in [0.3, 0.4) is 0 Å².